The lowest BCUT2D eigenvalue weighted by molar-refractivity contribution is 0.0160. The average molecular weight is 304 g/mol. The van der Waals surface area contributed by atoms with Crippen LogP contribution in [0.1, 0.15) is 34.1 Å². The highest BCUT2D eigenvalue weighted by molar-refractivity contribution is 6.39. The Balaban J connectivity index is 4.27. The number of nitrogens with zero attached hydrogens (tertiary/aromatic N) is 1. The second-order valence-corrected chi connectivity index (χ2v) is 5.09. The van der Waals surface area contributed by atoms with Gasteiger partial charge in [-0.2, -0.15) is 5.48 Å². The van der Waals surface area contributed by atoms with E-state index >= 15 is 0 Å². The molecule has 0 aromatic carbocycles. The summed E-state index contributed by atoms with van der Waals surface area (Å²) in [5.41, 5.74) is 8.77. The van der Waals surface area contributed by atoms with Gasteiger partial charge >= 0.3 is 0 Å². The van der Waals surface area contributed by atoms with Crippen LogP contribution in [0.3, 0.4) is 0 Å². The van der Waals surface area contributed by atoms with Crippen LogP contribution in [0.25, 0.3) is 0 Å². The molecule has 0 saturated carbocycles. The summed E-state index contributed by atoms with van der Waals surface area (Å²) in [6.45, 7) is 8.48. The second-order valence-electron chi connectivity index (χ2n) is 4.68. The first-order valence-corrected chi connectivity index (χ1v) is 7.07. The largest absolute Gasteiger partial charge is 0.414 e. The Morgan fingerprint density at radius 1 is 1.40 bits per heavy atom. The van der Waals surface area contributed by atoms with Gasteiger partial charge in [-0.3, -0.25) is 4.99 Å². The van der Waals surface area contributed by atoms with Gasteiger partial charge in [0, 0.05) is 25.9 Å². The SMILES string of the molecule is CNO/C(C)=C/C(N)=C(Cl)C=NCC[C@H](C)OC(C)C. The van der Waals surface area contributed by atoms with Crippen molar-refractivity contribution in [3.05, 3.63) is 22.6 Å². The molecular weight excluding hydrogens is 278 g/mol. The first kappa shape index (κ1) is 19.0. The van der Waals surface area contributed by atoms with Gasteiger partial charge in [-0.25, -0.2) is 0 Å². The topological polar surface area (TPSA) is 68.9 Å². The van der Waals surface area contributed by atoms with E-state index in [1.54, 1.807) is 26.3 Å². The Morgan fingerprint density at radius 2 is 2.05 bits per heavy atom. The predicted molar refractivity (Wildman–Crippen MR) is 84.6 cm³/mol. The zero-order valence-electron chi connectivity index (χ0n) is 12.9. The molecule has 0 radical (unpaired) electrons. The summed E-state index contributed by atoms with van der Waals surface area (Å²) in [4.78, 5) is 9.27. The molecule has 0 aliphatic rings. The monoisotopic (exact) mass is 303 g/mol. The Kier molecular flexibility index (Phi) is 10.2. The van der Waals surface area contributed by atoms with Crippen molar-refractivity contribution in [3.63, 3.8) is 0 Å². The lowest BCUT2D eigenvalue weighted by atomic mass is 10.3. The third kappa shape index (κ3) is 9.83. The van der Waals surface area contributed by atoms with Crippen LogP contribution >= 0.6 is 11.6 Å². The van der Waals surface area contributed by atoms with Crippen LogP contribution in [-0.2, 0) is 9.57 Å². The maximum Gasteiger partial charge on any atom is 0.123 e. The molecule has 0 fully saturated rings. The van der Waals surface area contributed by atoms with E-state index in [0.717, 1.165) is 6.42 Å². The van der Waals surface area contributed by atoms with Crippen LogP contribution in [0, 0.1) is 0 Å². The fourth-order valence-corrected chi connectivity index (χ4v) is 1.61. The minimum atomic E-state index is 0.179. The van der Waals surface area contributed by atoms with Gasteiger partial charge in [-0.05, 0) is 34.1 Å². The van der Waals surface area contributed by atoms with Crippen molar-refractivity contribution in [2.75, 3.05) is 13.6 Å². The minimum Gasteiger partial charge on any atom is -0.414 e. The number of aliphatic imine (C=N–C) groups is 1. The molecule has 0 amide bonds. The van der Waals surface area contributed by atoms with Gasteiger partial charge in [0.1, 0.15) is 5.76 Å². The third-order valence-electron chi connectivity index (χ3n) is 2.27. The smallest absolute Gasteiger partial charge is 0.123 e. The average Bonchev–Trinajstić information content (AvgIpc) is 2.33. The highest BCUT2D eigenvalue weighted by atomic mass is 35.5. The Morgan fingerprint density at radius 3 is 2.60 bits per heavy atom. The molecule has 0 unspecified atom stereocenters. The molecule has 0 heterocycles. The van der Waals surface area contributed by atoms with Crippen LogP contribution in [0.5, 0.6) is 0 Å². The molecule has 116 valence electrons. The highest BCUT2D eigenvalue weighted by Gasteiger charge is 2.03. The number of hydroxylamine groups is 1. The van der Waals surface area contributed by atoms with Gasteiger partial charge in [-0.1, -0.05) is 11.6 Å². The van der Waals surface area contributed by atoms with E-state index in [4.69, 9.17) is 26.9 Å². The molecule has 0 aromatic rings. The number of ether oxygens (including phenoxy) is 1. The van der Waals surface area contributed by atoms with Crippen molar-refractivity contribution in [1.82, 2.24) is 5.48 Å². The summed E-state index contributed by atoms with van der Waals surface area (Å²) >= 11 is 6.03. The molecule has 0 rings (SSSR count). The Hall–Kier alpha value is -1.04. The zero-order chi connectivity index (χ0) is 15.5. The van der Waals surface area contributed by atoms with Gasteiger partial charge in [0.2, 0.25) is 0 Å². The third-order valence-corrected chi connectivity index (χ3v) is 2.59. The Bertz CT molecular complexity index is 365. The van der Waals surface area contributed by atoms with E-state index in [2.05, 4.69) is 10.5 Å². The Labute approximate surface area is 126 Å². The van der Waals surface area contributed by atoms with E-state index in [1.807, 2.05) is 20.8 Å². The number of rotatable bonds is 9. The maximum absolute atomic E-state index is 6.03. The van der Waals surface area contributed by atoms with Crippen molar-refractivity contribution in [2.24, 2.45) is 10.7 Å². The van der Waals surface area contributed by atoms with Gasteiger partial charge in [-0.15, -0.1) is 0 Å². The van der Waals surface area contributed by atoms with Crippen molar-refractivity contribution < 1.29 is 9.57 Å². The van der Waals surface area contributed by atoms with E-state index in [0.29, 0.717) is 23.0 Å². The lowest BCUT2D eigenvalue weighted by Gasteiger charge is -2.14. The number of hydrogen-bond donors (Lipinski definition) is 2. The van der Waals surface area contributed by atoms with Crippen LogP contribution in [-0.4, -0.2) is 32.0 Å². The maximum atomic E-state index is 6.03. The molecular formula is C14H26ClN3O2. The van der Waals surface area contributed by atoms with Gasteiger partial charge in [0.05, 0.1) is 22.9 Å². The quantitative estimate of drug-likeness (QED) is 0.297. The highest BCUT2D eigenvalue weighted by Crippen LogP contribution is 2.07. The fourth-order valence-electron chi connectivity index (χ4n) is 1.49. The number of halogens is 1. The lowest BCUT2D eigenvalue weighted by Crippen LogP contribution is -2.15. The van der Waals surface area contributed by atoms with E-state index < -0.39 is 0 Å². The van der Waals surface area contributed by atoms with E-state index in [9.17, 15) is 0 Å². The van der Waals surface area contributed by atoms with Crippen molar-refractivity contribution in [1.29, 1.82) is 0 Å². The molecule has 3 N–H and O–H groups in total. The molecule has 6 heteroatoms. The molecule has 20 heavy (non-hydrogen) atoms. The summed E-state index contributed by atoms with van der Waals surface area (Å²) in [6.07, 6.45) is 4.44. The van der Waals surface area contributed by atoms with Crippen molar-refractivity contribution in [3.8, 4) is 0 Å². The summed E-state index contributed by atoms with van der Waals surface area (Å²) < 4.78 is 5.61. The summed E-state index contributed by atoms with van der Waals surface area (Å²) in [5.74, 6) is 0.621. The first-order chi connectivity index (χ1) is 9.36. The molecule has 0 saturated heterocycles. The van der Waals surface area contributed by atoms with Crippen LogP contribution in [0.4, 0.5) is 0 Å². The number of allylic oxidation sites excluding steroid dienone is 3. The molecule has 0 bridgehead atoms. The molecule has 1 atom stereocenters. The first-order valence-electron chi connectivity index (χ1n) is 6.69. The van der Waals surface area contributed by atoms with Gasteiger partial charge in [0.15, 0.2) is 0 Å². The molecule has 0 aliphatic carbocycles. The molecule has 5 nitrogen and oxygen atoms in total. The standard InChI is InChI=1S/C14H26ClN3O2/c1-10(2)19-11(3)6-7-18-9-13(15)14(16)8-12(4)20-17-5/h8-11,17H,6-7,16H2,1-5H3/b12-8+,14-13?,18-9?/t11-/m0/s1. The number of nitrogens with two attached hydrogens (primary N) is 1. The van der Waals surface area contributed by atoms with Crippen LogP contribution in [0.15, 0.2) is 27.6 Å². The summed E-state index contributed by atoms with van der Waals surface area (Å²) in [6, 6.07) is 0. The minimum absolute atomic E-state index is 0.179. The molecule has 0 aromatic heterocycles. The van der Waals surface area contributed by atoms with Crippen molar-refractivity contribution in [2.45, 2.75) is 46.3 Å². The normalized spacial score (nSPS) is 15.7. The molecule has 0 aliphatic heterocycles. The predicted octanol–water partition coefficient (Wildman–Crippen LogP) is 2.72. The fraction of sp³-hybridized carbons (Fsp3) is 0.643. The van der Waals surface area contributed by atoms with Crippen LogP contribution in [0.2, 0.25) is 0 Å². The number of nitrogens with one attached hydrogen (secondary N) is 1. The van der Waals surface area contributed by atoms with Gasteiger partial charge < -0.3 is 15.3 Å². The summed E-state index contributed by atoms with van der Waals surface area (Å²) in [5, 5.41) is 0.390. The van der Waals surface area contributed by atoms with E-state index in [-0.39, 0.29) is 12.2 Å². The van der Waals surface area contributed by atoms with Gasteiger partial charge in [0.25, 0.3) is 0 Å². The van der Waals surface area contributed by atoms with Crippen molar-refractivity contribution >= 4 is 17.8 Å². The number of hydrogen-bond acceptors (Lipinski definition) is 5. The second kappa shape index (κ2) is 10.7. The van der Waals surface area contributed by atoms with E-state index in [1.165, 1.54) is 0 Å². The molecule has 0 spiro atoms. The van der Waals surface area contributed by atoms with Crippen LogP contribution < -0.4 is 11.2 Å². The zero-order valence-corrected chi connectivity index (χ0v) is 13.7. The summed E-state index contributed by atoms with van der Waals surface area (Å²) in [7, 11) is 1.67.